The molecule has 44 heavy (non-hydrogen) atoms. The fourth-order valence-electron chi connectivity index (χ4n) is 3.77. The van der Waals surface area contributed by atoms with Crippen molar-refractivity contribution in [1.82, 2.24) is 0 Å². The Morgan fingerprint density at radius 3 is 1.91 bits per heavy atom. The molecule has 0 amide bonds. The van der Waals surface area contributed by atoms with E-state index >= 15 is 0 Å². The van der Waals surface area contributed by atoms with Gasteiger partial charge in [0.1, 0.15) is 19.8 Å². The van der Waals surface area contributed by atoms with Crippen molar-refractivity contribution in [3.8, 4) is 0 Å². The van der Waals surface area contributed by atoms with Crippen LogP contribution in [0.5, 0.6) is 0 Å². The van der Waals surface area contributed by atoms with E-state index < -0.39 is 32.5 Å². The van der Waals surface area contributed by atoms with E-state index in [9.17, 15) is 19.0 Å². The van der Waals surface area contributed by atoms with Crippen LogP contribution in [0.3, 0.4) is 0 Å². The lowest BCUT2D eigenvalue weighted by atomic mass is 10.1. The number of carbonyl (C=O) groups excluding carboxylic acids is 2. The second kappa shape index (κ2) is 27.3. The first-order chi connectivity index (χ1) is 21.0. The Balaban J connectivity index is 4.37. The smallest absolute Gasteiger partial charge is 0.462 e. The average molecular weight is 643 g/mol. The molecule has 2 unspecified atom stereocenters. The zero-order valence-corrected chi connectivity index (χ0v) is 29.0. The van der Waals surface area contributed by atoms with Crippen LogP contribution in [-0.2, 0) is 32.7 Å². The van der Waals surface area contributed by atoms with Gasteiger partial charge in [-0.25, -0.2) is 4.57 Å². The number of nitrogens with zero attached hydrogens (tertiary/aromatic N) is 1. The molecule has 0 aliphatic carbocycles. The fourth-order valence-corrected chi connectivity index (χ4v) is 4.51. The van der Waals surface area contributed by atoms with E-state index in [1.165, 1.54) is 0 Å². The van der Waals surface area contributed by atoms with E-state index in [0.29, 0.717) is 23.9 Å². The third kappa shape index (κ3) is 30.0. The van der Waals surface area contributed by atoms with Crippen LogP contribution in [0.25, 0.3) is 0 Å². The number of phosphoric acid groups is 1. The molecule has 0 spiro atoms. The Morgan fingerprint density at radius 1 is 0.727 bits per heavy atom. The molecule has 9 nitrogen and oxygen atoms in total. The van der Waals surface area contributed by atoms with Gasteiger partial charge in [0.25, 0.3) is 0 Å². The topological polar surface area (TPSA) is 108 Å². The van der Waals surface area contributed by atoms with E-state index in [0.717, 1.165) is 64.2 Å². The second-order valence-corrected chi connectivity index (χ2v) is 13.3. The van der Waals surface area contributed by atoms with Crippen molar-refractivity contribution in [2.45, 2.75) is 110 Å². The fraction of sp³-hybridized carbons (Fsp3) is 0.706. The predicted molar refractivity (Wildman–Crippen MR) is 178 cm³/mol. The Kier molecular flexibility index (Phi) is 26.0. The third-order valence-electron chi connectivity index (χ3n) is 6.37. The van der Waals surface area contributed by atoms with Crippen LogP contribution < -0.4 is 0 Å². The maximum Gasteiger partial charge on any atom is 0.472 e. The molecule has 0 rings (SSSR count). The van der Waals surface area contributed by atoms with Crippen molar-refractivity contribution >= 4 is 19.8 Å². The summed E-state index contributed by atoms with van der Waals surface area (Å²) in [6, 6.07) is 0. The maximum absolute atomic E-state index is 12.5. The average Bonchev–Trinajstić information content (AvgIpc) is 2.95. The monoisotopic (exact) mass is 642 g/mol. The van der Waals surface area contributed by atoms with Gasteiger partial charge in [-0.2, -0.15) is 0 Å². The zero-order chi connectivity index (χ0) is 32.9. The molecule has 0 heterocycles. The molecule has 0 aromatic carbocycles. The number of likely N-dealkylation sites (N-methyl/N-ethyl adjacent to an activating group) is 1. The molecule has 0 saturated heterocycles. The highest BCUT2D eigenvalue weighted by atomic mass is 31.2. The molecule has 0 fully saturated rings. The first-order valence-electron chi connectivity index (χ1n) is 16.4. The summed E-state index contributed by atoms with van der Waals surface area (Å²) in [7, 11) is 1.44. The third-order valence-corrected chi connectivity index (χ3v) is 7.36. The van der Waals surface area contributed by atoms with E-state index in [2.05, 4.69) is 55.5 Å². The molecule has 10 heteroatoms. The summed E-state index contributed by atoms with van der Waals surface area (Å²) in [5.74, 6) is -0.863. The number of quaternary nitrogens is 1. The van der Waals surface area contributed by atoms with Crippen LogP contribution in [0, 0.1) is 0 Å². The van der Waals surface area contributed by atoms with Crippen molar-refractivity contribution in [3.05, 3.63) is 48.6 Å². The summed E-state index contributed by atoms with van der Waals surface area (Å²) in [6.07, 6.45) is 28.1. The van der Waals surface area contributed by atoms with E-state index in [4.69, 9.17) is 18.5 Å². The standard InChI is InChI=1S/C34H60NO8P/c1-6-8-10-11-12-13-14-15-16-17-18-19-20-21-22-23-25-27-34(37)43-32(30-40-33(36)26-24-9-7-2)31-42-44(38,39)41-29-28-35(3,4)5/h8,10,12-13,15-16,18-19,32H,6-7,9,11,14,17,20-31H2,1-5H3/p+1/b10-8-,13-12-,16-15-,19-18-. The molecule has 1 N–H and O–H groups in total. The molecule has 0 aliphatic rings. The van der Waals surface area contributed by atoms with Gasteiger partial charge in [-0.05, 0) is 51.4 Å². The number of carbonyl (C=O) groups is 2. The number of rotatable bonds is 28. The Bertz CT molecular complexity index is 907. The Morgan fingerprint density at radius 2 is 1.30 bits per heavy atom. The van der Waals surface area contributed by atoms with Gasteiger partial charge in [-0.1, -0.05) is 88.1 Å². The highest BCUT2D eigenvalue weighted by Crippen LogP contribution is 2.43. The van der Waals surface area contributed by atoms with Crippen LogP contribution in [-0.4, -0.2) is 74.9 Å². The molecule has 0 saturated carbocycles. The van der Waals surface area contributed by atoms with Gasteiger partial charge >= 0.3 is 19.8 Å². The molecule has 0 radical (unpaired) electrons. The maximum atomic E-state index is 12.5. The number of hydrogen-bond acceptors (Lipinski definition) is 7. The van der Waals surface area contributed by atoms with E-state index in [1.54, 1.807) is 0 Å². The lowest BCUT2D eigenvalue weighted by molar-refractivity contribution is -0.870. The van der Waals surface area contributed by atoms with Gasteiger partial charge in [0, 0.05) is 12.8 Å². The van der Waals surface area contributed by atoms with Crippen molar-refractivity contribution in [2.75, 3.05) is 47.5 Å². The van der Waals surface area contributed by atoms with Gasteiger partial charge in [-0.15, -0.1) is 0 Å². The lowest BCUT2D eigenvalue weighted by Gasteiger charge is -2.24. The number of phosphoric ester groups is 1. The van der Waals surface area contributed by atoms with Crippen LogP contribution in [0.4, 0.5) is 0 Å². The summed E-state index contributed by atoms with van der Waals surface area (Å²) < 4.78 is 33.7. The lowest BCUT2D eigenvalue weighted by Crippen LogP contribution is -2.37. The summed E-state index contributed by atoms with van der Waals surface area (Å²) in [4.78, 5) is 34.5. The normalized spacial score (nSPS) is 14.6. The zero-order valence-electron chi connectivity index (χ0n) is 28.1. The molecule has 2 atom stereocenters. The molecule has 0 aromatic heterocycles. The van der Waals surface area contributed by atoms with Crippen molar-refractivity contribution < 1.29 is 42.1 Å². The van der Waals surface area contributed by atoms with Crippen LogP contribution in [0.1, 0.15) is 104 Å². The number of ether oxygens (including phenoxy) is 2. The minimum absolute atomic E-state index is 0.0242. The summed E-state index contributed by atoms with van der Waals surface area (Å²) in [5, 5.41) is 0. The van der Waals surface area contributed by atoms with Crippen molar-refractivity contribution in [3.63, 3.8) is 0 Å². The Hall–Kier alpha value is -2.03. The number of esters is 2. The SMILES string of the molecule is CC/C=C\C/C=C\C/C=C\C/C=C\CCCCCCC(=O)OC(COC(=O)CCCCC)COP(=O)(O)OCC[N+](C)(C)C. The summed E-state index contributed by atoms with van der Waals surface area (Å²) >= 11 is 0. The van der Waals surface area contributed by atoms with Crippen molar-refractivity contribution in [1.29, 1.82) is 0 Å². The van der Waals surface area contributed by atoms with Crippen LogP contribution in [0.2, 0.25) is 0 Å². The first-order valence-corrected chi connectivity index (χ1v) is 17.9. The predicted octanol–water partition coefficient (Wildman–Crippen LogP) is 8.01. The largest absolute Gasteiger partial charge is 0.472 e. The van der Waals surface area contributed by atoms with Gasteiger partial charge in [0.2, 0.25) is 0 Å². The van der Waals surface area contributed by atoms with E-state index in [-0.39, 0.29) is 26.1 Å². The molecule has 0 aromatic rings. The van der Waals surface area contributed by atoms with Gasteiger partial charge < -0.3 is 18.9 Å². The molecular weight excluding hydrogens is 581 g/mol. The van der Waals surface area contributed by atoms with Crippen molar-refractivity contribution in [2.24, 2.45) is 0 Å². The molecule has 0 aliphatic heterocycles. The minimum atomic E-state index is -4.36. The number of allylic oxidation sites excluding steroid dienone is 8. The molecule has 0 bridgehead atoms. The molecular formula is C34H61NO8P+. The van der Waals surface area contributed by atoms with Gasteiger partial charge in [0.15, 0.2) is 6.10 Å². The van der Waals surface area contributed by atoms with Gasteiger partial charge in [0.05, 0.1) is 27.7 Å². The quantitative estimate of drug-likeness (QED) is 0.0301. The highest BCUT2D eigenvalue weighted by Gasteiger charge is 2.27. The Labute approximate surface area is 267 Å². The molecule has 254 valence electrons. The van der Waals surface area contributed by atoms with Crippen LogP contribution >= 0.6 is 7.82 Å². The number of unbranched alkanes of at least 4 members (excludes halogenated alkanes) is 6. The summed E-state index contributed by atoms with van der Waals surface area (Å²) in [5.41, 5.74) is 0. The number of hydrogen-bond donors (Lipinski definition) is 1. The first kappa shape index (κ1) is 42.0. The second-order valence-electron chi connectivity index (χ2n) is 11.8. The van der Waals surface area contributed by atoms with E-state index in [1.807, 2.05) is 28.1 Å². The van der Waals surface area contributed by atoms with Crippen LogP contribution in [0.15, 0.2) is 48.6 Å². The van der Waals surface area contributed by atoms with Gasteiger partial charge in [-0.3, -0.25) is 18.6 Å². The summed E-state index contributed by atoms with van der Waals surface area (Å²) in [6.45, 7) is 4.05. The minimum Gasteiger partial charge on any atom is -0.462 e. The highest BCUT2D eigenvalue weighted by molar-refractivity contribution is 7.47.